The van der Waals surface area contributed by atoms with Gasteiger partial charge >= 0.3 is 0 Å². The molecule has 0 heterocycles. The number of halogens is 1. The first kappa shape index (κ1) is 11.2. The normalized spacial score (nSPS) is 12.6. The second-order valence-electron chi connectivity index (χ2n) is 2.87. The minimum absolute atomic E-state index is 0.353. The van der Waals surface area contributed by atoms with Crippen LogP contribution >= 0.6 is 15.9 Å². The van der Waals surface area contributed by atoms with E-state index >= 15 is 0 Å². The highest BCUT2D eigenvalue weighted by atomic mass is 79.9. The molecule has 0 N–H and O–H groups in total. The highest BCUT2D eigenvalue weighted by molar-refractivity contribution is 9.09. The third-order valence-corrected chi connectivity index (χ3v) is 1.70. The second kappa shape index (κ2) is 6.86. The van der Waals surface area contributed by atoms with Gasteiger partial charge in [0.2, 0.25) is 0 Å². The van der Waals surface area contributed by atoms with Crippen LogP contribution in [0.1, 0.15) is 27.2 Å². The Kier molecular flexibility index (Phi) is 6.98. The summed E-state index contributed by atoms with van der Waals surface area (Å²) >= 11 is 3.35. The number of allylic oxidation sites excluding steroid dienone is 1. The molecular formula is C9H17BrO. The molecule has 1 nitrogen and oxygen atoms in total. The maximum absolute atomic E-state index is 5.40. The fraction of sp³-hybridized carbons (Fsp3) is 0.778. The zero-order chi connectivity index (χ0) is 8.69. The molecule has 0 saturated carbocycles. The molecule has 0 rings (SSSR count). The summed E-state index contributed by atoms with van der Waals surface area (Å²) in [6.45, 7) is 7.09. The van der Waals surface area contributed by atoms with Crippen molar-refractivity contribution in [2.24, 2.45) is 0 Å². The number of hydrogen-bond acceptors (Lipinski definition) is 1. The lowest BCUT2D eigenvalue weighted by atomic mass is 10.2. The molecule has 0 aromatic rings. The Morgan fingerprint density at radius 3 is 2.64 bits per heavy atom. The molecule has 0 aliphatic heterocycles. The first-order valence-electron chi connectivity index (χ1n) is 4.00. The maximum atomic E-state index is 5.40. The lowest BCUT2D eigenvalue weighted by Gasteiger charge is -2.06. The first-order valence-corrected chi connectivity index (χ1v) is 5.12. The predicted molar refractivity (Wildman–Crippen MR) is 53.3 cm³/mol. The first-order chi connectivity index (χ1) is 5.16. The van der Waals surface area contributed by atoms with Crippen LogP contribution in [0.3, 0.4) is 0 Å². The van der Waals surface area contributed by atoms with Crippen molar-refractivity contribution in [2.75, 3.05) is 11.9 Å². The molecular weight excluding hydrogens is 204 g/mol. The van der Waals surface area contributed by atoms with Gasteiger partial charge in [-0.1, -0.05) is 27.6 Å². The molecule has 2 heteroatoms. The van der Waals surface area contributed by atoms with Crippen LogP contribution in [-0.4, -0.2) is 18.0 Å². The zero-order valence-corrected chi connectivity index (χ0v) is 9.15. The van der Waals surface area contributed by atoms with Crippen molar-refractivity contribution in [3.8, 4) is 0 Å². The third kappa shape index (κ3) is 8.08. The van der Waals surface area contributed by atoms with Gasteiger partial charge in [0.1, 0.15) is 0 Å². The molecule has 0 atom stereocenters. The highest BCUT2D eigenvalue weighted by Gasteiger charge is 1.93. The van der Waals surface area contributed by atoms with Gasteiger partial charge in [-0.25, -0.2) is 0 Å². The maximum Gasteiger partial charge on any atom is 0.0519 e. The monoisotopic (exact) mass is 220 g/mol. The Labute approximate surface area is 78.0 Å². The summed E-state index contributed by atoms with van der Waals surface area (Å²) in [5.41, 5.74) is 1.39. The molecule has 66 valence electrons. The van der Waals surface area contributed by atoms with Crippen LogP contribution in [0.25, 0.3) is 0 Å². The summed E-state index contributed by atoms with van der Waals surface area (Å²) in [7, 11) is 0. The molecule has 0 amide bonds. The average molecular weight is 221 g/mol. The van der Waals surface area contributed by atoms with E-state index in [2.05, 4.69) is 42.8 Å². The van der Waals surface area contributed by atoms with E-state index in [1.165, 1.54) is 5.57 Å². The van der Waals surface area contributed by atoms with Gasteiger partial charge < -0.3 is 4.74 Å². The fourth-order valence-corrected chi connectivity index (χ4v) is 1.24. The van der Waals surface area contributed by atoms with E-state index in [0.29, 0.717) is 6.10 Å². The second-order valence-corrected chi connectivity index (χ2v) is 3.52. The van der Waals surface area contributed by atoms with Gasteiger partial charge in [-0.3, -0.25) is 0 Å². The molecule has 0 aromatic carbocycles. The largest absolute Gasteiger partial charge is 0.378 e. The van der Waals surface area contributed by atoms with Crippen LogP contribution in [0, 0.1) is 0 Å². The fourth-order valence-electron chi connectivity index (χ4n) is 0.689. The van der Waals surface area contributed by atoms with Gasteiger partial charge in [-0.2, -0.15) is 0 Å². The summed E-state index contributed by atoms with van der Waals surface area (Å²) in [6, 6.07) is 0. The molecule has 0 fully saturated rings. The van der Waals surface area contributed by atoms with E-state index in [0.717, 1.165) is 18.4 Å². The lowest BCUT2D eigenvalue weighted by molar-refractivity contribution is 0.0813. The van der Waals surface area contributed by atoms with Gasteiger partial charge in [0, 0.05) is 5.33 Å². The molecule has 0 radical (unpaired) electrons. The van der Waals surface area contributed by atoms with Crippen molar-refractivity contribution in [3.63, 3.8) is 0 Å². The zero-order valence-electron chi connectivity index (χ0n) is 7.56. The van der Waals surface area contributed by atoms with Crippen LogP contribution < -0.4 is 0 Å². The quantitative estimate of drug-likeness (QED) is 0.511. The van der Waals surface area contributed by atoms with Crippen molar-refractivity contribution < 1.29 is 4.74 Å². The Morgan fingerprint density at radius 2 is 2.18 bits per heavy atom. The summed E-state index contributed by atoms with van der Waals surface area (Å²) in [5.74, 6) is 0. The molecule has 0 bridgehead atoms. The minimum Gasteiger partial charge on any atom is -0.378 e. The number of ether oxygens (including phenoxy) is 1. The van der Waals surface area contributed by atoms with E-state index in [-0.39, 0.29) is 0 Å². The SMILES string of the molecule is CC(=CCBr)CCOC(C)C. The topological polar surface area (TPSA) is 9.23 Å². The predicted octanol–water partition coefficient (Wildman–Crippen LogP) is 3.14. The van der Waals surface area contributed by atoms with Gasteiger partial charge in [0.25, 0.3) is 0 Å². The lowest BCUT2D eigenvalue weighted by Crippen LogP contribution is -2.03. The summed E-state index contributed by atoms with van der Waals surface area (Å²) in [6.07, 6.45) is 3.57. The van der Waals surface area contributed by atoms with E-state index in [9.17, 15) is 0 Å². The van der Waals surface area contributed by atoms with Gasteiger partial charge in [0.05, 0.1) is 12.7 Å². The van der Waals surface area contributed by atoms with Crippen molar-refractivity contribution >= 4 is 15.9 Å². The van der Waals surface area contributed by atoms with Crippen LogP contribution in [0.2, 0.25) is 0 Å². The van der Waals surface area contributed by atoms with Crippen LogP contribution in [-0.2, 0) is 4.74 Å². The smallest absolute Gasteiger partial charge is 0.0519 e. The van der Waals surface area contributed by atoms with Crippen LogP contribution in [0.5, 0.6) is 0 Å². The molecule has 11 heavy (non-hydrogen) atoms. The van der Waals surface area contributed by atoms with Gasteiger partial charge in [-0.15, -0.1) is 0 Å². The summed E-state index contributed by atoms with van der Waals surface area (Å²) in [4.78, 5) is 0. The Morgan fingerprint density at radius 1 is 1.55 bits per heavy atom. The minimum atomic E-state index is 0.353. The Bertz CT molecular complexity index is 119. The standard InChI is InChI=1S/C9H17BrO/c1-8(2)11-7-5-9(3)4-6-10/h4,8H,5-7H2,1-3H3. The van der Waals surface area contributed by atoms with Crippen LogP contribution in [0.15, 0.2) is 11.6 Å². The molecule has 0 saturated heterocycles. The van der Waals surface area contributed by atoms with Crippen LogP contribution in [0.4, 0.5) is 0 Å². The molecule has 0 aliphatic rings. The Hall–Kier alpha value is 0.180. The Balaban J connectivity index is 3.31. The molecule has 0 spiro atoms. The average Bonchev–Trinajstić information content (AvgIpc) is 1.87. The molecule has 0 unspecified atom stereocenters. The number of alkyl halides is 1. The summed E-state index contributed by atoms with van der Waals surface area (Å²) in [5, 5.41) is 0.945. The van der Waals surface area contributed by atoms with Gasteiger partial charge in [0.15, 0.2) is 0 Å². The molecule has 0 aromatic heterocycles. The van der Waals surface area contributed by atoms with E-state index in [1.54, 1.807) is 0 Å². The van der Waals surface area contributed by atoms with Crippen molar-refractivity contribution in [2.45, 2.75) is 33.3 Å². The number of rotatable bonds is 5. The van der Waals surface area contributed by atoms with Crippen molar-refractivity contribution in [1.82, 2.24) is 0 Å². The van der Waals surface area contributed by atoms with E-state index in [1.807, 2.05) is 0 Å². The molecule has 0 aliphatic carbocycles. The van der Waals surface area contributed by atoms with Crippen molar-refractivity contribution in [1.29, 1.82) is 0 Å². The highest BCUT2D eigenvalue weighted by Crippen LogP contribution is 2.02. The van der Waals surface area contributed by atoms with Crippen molar-refractivity contribution in [3.05, 3.63) is 11.6 Å². The third-order valence-electron chi connectivity index (χ3n) is 1.37. The summed E-state index contributed by atoms with van der Waals surface area (Å²) < 4.78 is 5.40. The number of hydrogen-bond donors (Lipinski definition) is 0. The van der Waals surface area contributed by atoms with E-state index < -0.39 is 0 Å². The van der Waals surface area contributed by atoms with Gasteiger partial charge in [-0.05, 0) is 27.2 Å². The van der Waals surface area contributed by atoms with E-state index in [4.69, 9.17) is 4.74 Å².